The van der Waals surface area contributed by atoms with Gasteiger partial charge in [-0.2, -0.15) is 0 Å². The molecule has 1 unspecified atom stereocenters. The molecule has 34 heavy (non-hydrogen) atoms. The summed E-state index contributed by atoms with van der Waals surface area (Å²) in [4.78, 5) is 11.3. The first-order valence-electron chi connectivity index (χ1n) is 13.6. The summed E-state index contributed by atoms with van der Waals surface area (Å²) in [7, 11) is 0. The summed E-state index contributed by atoms with van der Waals surface area (Å²) in [6, 6.07) is 0. The van der Waals surface area contributed by atoms with E-state index in [9.17, 15) is 4.79 Å². The largest absolute Gasteiger partial charge is 0.487 e. The van der Waals surface area contributed by atoms with Crippen LogP contribution >= 0.6 is 11.6 Å². The fraction of sp³-hybridized carbons (Fsp3) is 0.767. The van der Waals surface area contributed by atoms with Gasteiger partial charge in [-0.25, -0.2) is 4.79 Å². The van der Waals surface area contributed by atoms with Crippen LogP contribution in [0.2, 0.25) is 0 Å². The highest BCUT2D eigenvalue weighted by molar-refractivity contribution is 6.61. The van der Waals surface area contributed by atoms with Crippen LogP contribution in [0.4, 0.5) is 4.79 Å². The first kappa shape index (κ1) is 29.0. The van der Waals surface area contributed by atoms with E-state index in [-0.39, 0.29) is 5.60 Å². The average molecular weight is 493 g/mol. The van der Waals surface area contributed by atoms with E-state index in [1.807, 2.05) is 13.8 Å². The minimum Gasteiger partial charge on any atom is -0.487 e. The van der Waals surface area contributed by atoms with Gasteiger partial charge >= 0.3 is 5.43 Å². The highest BCUT2D eigenvalue weighted by Crippen LogP contribution is 2.45. The molecule has 194 valence electrons. The summed E-state index contributed by atoms with van der Waals surface area (Å²) < 4.78 is 12.0. The monoisotopic (exact) mass is 492 g/mol. The van der Waals surface area contributed by atoms with Crippen molar-refractivity contribution in [1.29, 1.82) is 0 Å². The Bertz CT molecular complexity index is 816. The molecule has 4 heteroatoms. The molecule has 0 aromatic heterocycles. The van der Waals surface area contributed by atoms with Gasteiger partial charge in [-0.05, 0) is 87.8 Å². The smallest absolute Gasteiger partial charge is 0.409 e. The van der Waals surface area contributed by atoms with E-state index >= 15 is 0 Å². The minimum absolute atomic E-state index is 0.133. The van der Waals surface area contributed by atoms with Crippen molar-refractivity contribution in [3.8, 4) is 11.5 Å². The Kier molecular flexibility index (Phi) is 11.3. The Morgan fingerprint density at radius 2 is 1.47 bits per heavy atom. The lowest BCUT2D eigenvalue weighted by atomic mass is 9.83. The van der Waals surface area contributed by atoms with Gasteiger partial charge in [0.2, 0.25) is 0 Å². The van der Waals surface area contributed by atoms with Gasteiger partial charge in [-0.1, -0.05) is 72.6 Å². The van der Waals surface area contributed by atoms with E-state index < -0.39 is 5.43 Å². The van der Waals surface area contributed by atoms with Crippen LogP contribution in [0.1, 0.15) is 121 Å². The zero-order valence-corrected chi connectivity index (χ0v) is 23.9. The molecule has 0 fully saturated rings. The minimum atomic E-state index is -0.790. The van der Waals surface area contributed by atoms with Gasteiger partial charge in [0.25, 0.3) is 0 Å². The molecule has 1 aliphatic rings. The molecule has 3 nitrogen and oxygen atoms in total. The van der Waals surface area contributed by atoms with Gasteiger partial charge in [-0.15, -0.1) is 0 Å². The van der Waals surface area contributed by atoms with Crippen molar-refractivity contribution >= 4 is 17.0 Å². The second kappa shape index (κ2) is 13.2. The average Bonchev–Trinajstić information content (AvgIpc) is 2.74. The Labute approximate surface area is 214 Å². The summed E-state index contributed by atoms with van der Waals surface area (Å²) in [6.07, 6.45) is 13.7. The number of ether oxygens (including phenoxy) is 2. The summed E-state index contributed by atoms with van der Waals surface area (Å²) in [5, 5.41) is 0. The molecule has 0 radical (unpaired) electrons. The Balaban J connectivity index is 1.82. The fourth-order valence-electron chi connectivity index (χ4n) is 5.49. The van der Waals surface area contributed by atoms with E-state index in [2.05, 4.69) is 41.5 Å². The van der Waals surface area contributed by atoms with Gasteiger partial charge in [0, 0.05) is 17.2 Å². The van der Waals surface area contributed by atoms with Crippen molar-refractivity contribution in [2.24, 2.45) is 17.8 Å². The van der Waals surface area contributed by atoms with Crippen molar-refractivity contribution < 1.29 is 14.3 Å². The molecule has 0 aliphatic carbocycles. The molecule has 0 spiro atoms. The van der Waals surface area contributed by atoms with Crippen molar-refractivity contribution in [3.05, 3.63) is 22.3 Å². The van der Waals surface area contributed by atoms with Crippen molar-refractivity contribution in [2.45, 2.75) is 132 Å². The molecular weight excluding hydrogens is 444 g/mol. The molecule has 2 rings (SSSR count). The van der Waals surface area contributed by atoms with E-state index in [1.165, 1.54) is 51.4 Å². The van der Waals surface area contributed by atoms with Crippen molar-refractivity contribution in [1.82, 2.24) is 0 Å². The van der Waals surface area contributed by atoms with Crippen molar-refractivity contribution in [2.75, 3.05) is 0 Å². The quantitative estimate of drug-likeness (QED) is 0.257. The first-order chi connectivity index (χ1) is 15.9. The number of hydrogen-bond donors (Lipinski definition) is 0. The molecule has 0 N–H and O–H groups in total. The van der Waals surface area contributed by atoms with Crippen LogP contribution in [0.15, 0.2) is 0 Å². The van der Waals surface area contributed by atoms with E-state index in [4.69, 9.17) is 21.1 Å². The maximum atomic E-state index is 11.3. The molecule has 1 aromatic rings. The number of halogens is 1. The standard InChI is InChI=1S/C30H49ClO3/c1-20(2)12-9-13-21(3)14-10-15-22(4)16-11-18-30(8)19-17-26-25(7)27(33-29(31)32)23(5)24(6)28(26)34-30/h20-22H,9-19H2,1-8H3/t21-,22-,30?/m1/s1. The maximum Gasteiger partial charge on any atom is 0.409 e. The lowest BCUT2D eigenvalue weighted by Crippen LogP contribution is -2.37. The molecule has 0 saturated heterocycles. The van der Waals surface area contributed by atoms with Crippen LogP contribution in [0.5, 0.6) is 11.5 Å². The Morgan fingerprint density at radius 3 is 2.03 bits per heavy atom. The molecule has 0 saturated carbocycles. The van der Waals surface area contributed by atoms with Crippen LogP contribution in [0, 0.1) is 38.5 Å². The summed E-state index contributed by atoms with van der Waals surface area (Å²) in [5.74, 6) is 4.05. The molecular formula is C30H49ClO3. The third-order valence-electron chi connectivity index (χ3n) is 8.02. The maximum absolute atomic E-state index is 11.3. The topological polar surface area (TPSA) is 35.5 Å². The zero-order valence-electron chi connectivity index (χ0n) is 23.1. The number of fused-ring (bicyclic) bond motifs is 1. The number of carbonyl (C=O) groups is 1. The molecule has 0 bridgehead atoms. The highest BCUT2D eigenvalue weighted by atomic mass is 35.5. The van der Waals surface area contributed by atoms with Gasteiger partial charge in [0.15, 0.2) is 0 Å². The van der Waals surface area contributed by atoms with Gasteiger partial charge in [-0.3, -0.25) is 0 Å². The lowest BCUT2D eigenvalue weighted by molar-refractivity contribution is 0.0512. The number of carbonyl (C=O) groups excluding carboxylic acids is 1. The third kappa shape index (κ3) is 8.47. The van der Waals surface area contributed by atoms with Crippen LogP contribution in [0.3, 0.4) is 0 Å². The molecule has 1 heterocycles. The number of benzene rings is 1. The third-order valence-corrected chi connectivity index (χ3v) is 8.10. The van der Waals surface area contributed by atoms with Crippen LogP contribution < -0.4 is 9.47 Å². The zero-order chi connectivity index (χ0) is 25.5. The molecule has 0 amide bonds. The first-order valence-corrected chi connectivity index (χ1v) is 14.0. The Hall–Kier alpha value is -1.22. The molecule has 1 aromatic carbocycles. The molecule has 1 aliphatic heterocycles. The molecule has 3 atom stereocenters. The lowest BCUT2D eigenvalue weighted by Gasteiger charge is -2.38. The van der Waals surface area contributed by atoms with Gasteiger partial charge in [0.1, 0.15) is 17.1 Å². The van der Waals surface area contributed by atoms with Gasteiger partial charge < -0.3 is 9.47 Å². The number of rotatable bonds is 13. The van der Waals surface area contributed by atoms with E-state index in [1.54, 1.807) is 0 Å². The van der Waals surface area contributed by atoms with Crippen LogP contribution in [-0.2, 0) is 6.42 Å². The fourth-order valence-corrected chi connectivity index (χ4v) is 5.57. The predicted molar refractivity (Wildman–Crippen MR) is 145 cm³/mol. The second-order valence-corrected chi connectivity index (χ2v) is 12.1. The van der Waals surface area contributed by atoms with Crippen LogP contribution in [-0.4, -0.2) is 11.0 Å². The Morgan fingerprint density at radius 1 is 0.912 bits per heavy atom. The van der Waals surface area contributed by atoms with Crippen LogP contribution in [0.25, 0.3) is 0 Å². The summed E-state index contributed by atoms with van der Waals surface area (Å²) in [5.41, 5.74) is 3.19. The number of hydrogen-bond acceptors (Lipinski definition) is 3. The van der Waals surface area contributed by atoms with Gasteiger partial charge in [0.05, 0.1) is 0 Å². The van der Waals surface area contributed by atoms with E-state index in [0.29, 0.717) is 5.75 Å². The predicted octanol–water partition coefficient (Wildman–Crippen LogP) is 9.87. The van der Waals surface area contributed by atoms with E-state index in [0.717, 1.165) is 65.0 Å². The SMILES string of the molecule is Cc1c(C)c2c(c(C)c1OC(=O)Cl)CCC(C)(CCC[C@H](C)CCC[C@H](C)CCCC(C)C)O2. The van der Waals surface area contributed by atoms with Crippen molar-refractivity contribution in [3.63, 3.8) is 0 Å². The highest BCUT2D eigenvalue weighted by Gasteiger charge is 2.34. The summed E-state index contributed by atoms with van der Waals surface area (Å²) in [6.45, 7) is 17.8. The second-order valence-electron chi connectivity index (χ2n) is 11.8. The normalized spacial score (nSPS) is 19.5. The summed E-state index contributed by atoms with van der Waals surface area (Å²) >= 11 is 5.50.